The highest BCUT2D eigenvalue weighted by Crippen LogP contribution is 2.31. The molecular formula is C8H14BF3N-. The molecule has 0 spiro atoms. The van der Waals surface area contributed by atoms with Crippen molar-refractivity contribution in [1.29, 1.82) is 0 Å². The van der Waals surface area contributed by atoms with Crippen molar-refractivity contribution in [2.24, 2.45) is 5.92 Å². The summed E-state index contributed by atoms with van der Waals surface area (Å²) in [7, 11) is 1.83. The highest BCUT2D eigenvalue weighted by atomic mass is 19.4. The Kier molecular flexibility index (Phi) is 3.42. The minimum absolute atomic E-state index is 0.204. The Morgan fingerprint density at radius 2 is 2.23 bits per heavy atom. The highest BCUT2D eigenvalue weighted by molar-refractivity contribution is 6.66. The molecule has 0 aromatic rings. The lowest BCUT2D eigenvalue weighted by Gasteiger charge is -2.27. The van der Waals surface area contributed by atoms with Crippen molar-refractivity contribution < 1.29 is 12.9 Å². The van der Waals surface area contributed by atoms with E-state index in [9.17, 15) is 12.9 Å². The molecule has 1 N–H and O–H groups in total. The van der Waals surface area contributed by atoms with Gasteiger partial charge in [0, 0.05) is 0 Å². The summed E-state index contributed by atoms with van der Waals surface area (Å²) in [6.45, 7) is -3.91. The maximum absolute atomic E-state index is 12.2. The molecule has 0 aromatic carbocycles. The van der Waals surface area contributed by atoms with Crippen molar-refractivity contribution in [3.8, 4) is 0 Å². The first-order valence-corrected chi connectivity index (χ1v) is 4.57. The smallest absolute Gasteiger partial charge is 0.445 e. The minimum atomic E-state index is -4.72. The van der Waals surface area contributed by atoms with Crippen LogP contribution in [-0.2, 0) is 0 Å². The van der Waals surface area contributed by atoms with Crippen LogP contribution in [0.1, 0.15) is 19.3 Å². The van der Waals surface area contributed by atoms with Gasteiger partial charge >= 0.3 is 6.98 Å². The summed E-state index contributed by atoms with van der Waals surface area (Å²) in [6.07, 6.45) is 2.80. The molecule has 0 bridgehead atoms. The van der Waals surface area contributed by atoms with Crippen LogP contribution in [0.25, 0.3) is 0 Å². The SMILES string of the molecule is CNCC1CC=C([B-](F)(F)F)CC1. The second-order valence-corrected chi connectivity index (χ2v) is 3.55. The van der Waals surface area contributed by atoms with E-state index >= 15 is 0 Å². The van der Waals surface area contributed by atoms with Gasteiger partial charge in [-0.2, -0.15) is 0 Å². The van der Waals surface area contributed by atoms with Crippen molar-refractivity contribution in [1.82, 2.24) is 5.32 Å². The third kappa shape index (κ3) is 3.06. The lowest BCUT2D eigenvalue weighted by molar-refractivity contribution is 0.431. The molecule has 1 unspecified atom stereocenters. The van der Waals surface area contributed by atoms with Gasteiger partial charge in [0.25, 0.3) is 0 Å². The summed E-state index contributed by atoms with van der Waals surface area (Å²) in [4.78, 5) is 0. The van der Waals surface area contributed by atoms with Crippen molar-refractivity contribution >= 4 is 6.98 Å². The van der Waals surface area contributed by atoms with Crippen LogP contribution in [0, 0.1) is 5.92 Å². The van der Waals surface area contributed by atoms with E-state index in [0.717, 1.165) is 6.54 Å². The lowest BCUT2D eigenvalue weighted by Crippen LogP contribution is -2.26. The summed E-state index contributed by atoms with van der Waals surface area (Å²) < 4.78 is 36.7. The fourth-order valence-corrected chi connectivity index (χ4v) is 1.68. The molecule has 0 amide bonds. The number of allylic oxidation sites excluding steroid dienone is 2. The molecule has 0 fully saturated rings. The second kappa shape index (κ2) is 4.18. The molecule has 5 heteroatoms. The maximum atomic E-state index is 12.2. The zero-order chi connectivity index (χ0) is 9.90. The number of hydrogen-bond acceptors (Lipinski definition) is 1. The van der Waals surface area contributed by atoms with Gasteiger partial charge in [0.05, 0.1) is 0 Å². The molecule has 0 aliphatic heterocycles. The predicted octanol–water partition coefficient (Wildman–Crippen LogP) is 2.32. The minimum Gasteiger partial charge on any atom is -0.445 e. The Morgan fingerprint density at radius 3 is 2.62 bits per heavy atom. The Morgan fingerprint density at radius 1 is 1.54 bits per heavy atom. The Labute approximate surface area is 76.5 Å². The summed E-state index contributed by atoms with van der Waals surface area (Å²) >= 11 is 0. The van der Waals surface area contributed by atoms with E-state index in [0.29, 0.717) is 18.8 Å². The Hall–Kier alpha value is -0.445. The van der Waals surface area contributed by atoms with Crippen LogP contribution in [0.3, 0.4) is 0 Å². The summed E-state index contributed by atoms with van der Waals surface area (Å²) in [5.74, 6) is 0.381. The van der Waals surface area contributed by atoms with Gasteiger partial charge in [-0.15, -0.1) is 11.5 Å². The lowest BCUT2D eigenvalue weighted by atomic mass is 9.71. The fourth-order valence-electron chi connectivity index (χ4n) is 1.68. The first-order chi connectivity index (χ1) is 6.04. The van der Waals surface area contributed by atoms with E-state index in [1.807, 2.05) is 7.05 Å². The largest absolute Gasteiger partial charge is 0.505 e. The fraction of sp³-hybridized carbons (Fsp3) is 0.750. The molecule has 0 saturated heterocycles. The van der Waals surface area contributed by atoms with Crippen LogP contribution < -0.4 is 5.32 Å². The number of rotatable bonds is 3. The third-order valence-corrected chi connectivity index (χ3v) is 2.47. The van der Waals surface area contributed by atoms with Crippen LogP contribution in [0.15, 0.2) is 11.5 Å². The van der Waals surface area contributed by atoms with Gasteiger partial charge in [-0.05, 0) is 32.4 Å². The summed E-state index contributed by atoms with van der Waals surface area (Å²) in [5.41, 5.74) is -0.285. The zero-order valence-corrected chi connectivity index (χ0v) is 7.69. The van der Waals surface area contributed by atoms with Gasteiger partial charge in [0.2, 0.25) is 0 Å². The molecule has 1 atom stereocenters. The molecule has 76 valence electrons. The molecule has 0 radical (unpaired) electrons. The molecule has 13 heavy (non-hydrogen) atoms. The second-order valence-electron chi connectivity index (χ2n) is 3.55. The highest BCUT2D eigenvalue weighted by Gasteiger charge is 2.30. The quantitative estimate of drug-likeness (QED) is 0.676. The molecule has 0 heterocycles. The standard InChI is InChI=1S/C8H14BF3N/c1-13-6-7-2-4-8(5-3-7)9(10,11)12/h4,7,13H,2-3,5-6H2,1H3/q-1. The van der Waals surface area contributed by atoms with Crippen LogP contribution in [0.2, 0.25) is 0 Å². The number of halogens is 3. The molecule has 1 nitrogen and oxygen atoms in total. The van der Waals surface area contributed by atoms with E-state index < -0.39 is 6.98 Å². The summed E-state index contributed by atoms with van der Waals surface area (Å²) in [5, 5.41) is 2.99. The molecule has 1 aliphatic carbocycles. The van der Waals surface area contributed by atoms with Gasteiger partial charge in [-0.25, -0.2) is 0 Å². The van der Waals surface area contributed by atoms with Crippen LogP contribution in [0.5, 0.6) is 0 Å². The van der Waals surface area contributed by atoms with E-state index in [1.54, 1.807) is 0 Å². The van der Waals surface area contributed by atoms with E-state index in [1.165, 1.54) is 6.08 Å². The summed E-state index contributed by atoms with van der Waals surface area (Å²) in [6, 6.07) is 0. The van der Waals surface area contributed by atoms with Gasteiger partial charge in [-0.1, -0.05) is 6.42 Å². The van der Waals surface area contributed by atoms with Gasteiger partial charge < -0.3 is 18.3 Å². The molecule has 1 rings (SSSR count). The van der Waals surface area contributed by atoms with Crippen molar-refractivity contribution in [3.63, 3.8) is 0 Å². The molecule has 0 saturated carbocycles. The monoisotopic (exact) mass is 192 g/mol. The number of nitrogens with one attached hydrogen (secondary N) is 1. The van der Waals surface area contributed by atoms with E-state index in [2.05, 4.69) is 5.32 Å². The van der Waals surface area contributed by atoms with Crippen LogP contribution in [0.4, 0.5) is 12.9 Å². The van der Waals surface area contributed by atoms with Crippen molar-refractivity contribution in [2.45, 2.75) is 19.3 Å². The normalized spacial score (nSPS) is 24.3. The van der Waals surface area contributed by atoms with Gasteiger partial charge in [0.1, 0.15) is 0 Å². The first-order valence-electron chi connectivity index (χ1n) is 4.57. The Balaban J connectivity index is 2.48. The first kappa shape index (κ1) is 10.6. The third-order valence-electron chi connectivity index (χ3n) is 2.47. The van der Waals surface area contributed by atoms with E-state index in [-0.39, 0.29) is 11.9 Å². The maximum Gasteiger partial charge on any atom is 0.505 e. The van der Waals surface area contributed by atoms with Gasteiger partial charge in [-0.3, -0.25) is 0 Å². The van der Waals surface area contributed by atoms with Crippen LogP contribution >= 0.6 is 0 Å². The number of hydrogen-bond donors (Lipinski definition) is 1. The molecular weight excluding hydrogens is 178 g/mol. The Bertz CT molecular complexity index is 200. The predicted molar refractivity (Wildman–Crippen MR) is 48.4 cm³/mol. The van der Waals surface area contributed by atoms with E-state index in [4.69, 9.17) is 0 Å². The molecule has 1 aliphatic rings. The zero-order valence-electron chi connectivity index (χ0n) is 7.69. The van der Waals surface area contributed by atoms with Crippen molar-refractivity contribution in [3.05, 3.63) is 11.5 Å². The topological polar surface area (TPSA) is 12.0 Å². The molecule has 0 aromatic heterocycles. The van der Waals surface area contributed by atoms with Crippen LogP contribution in [-0.4, -0.2) is 20.6 Å². The average molecular weight is 192 g/mol. The van der Waals surface area contributed by atoms with Gasteiger partial charge in [0.15, 0.2) is 0 Å². The van der Waals surface area contributed by atoms with Crippen molar-refractivity contribution in [2.75, 3.05) is 13.6 Å². The average Bonchev–Trinajstić information content (AvgIpc) is 2.04.